The van der Waals surface area contributed by atoms with Gasteiger partial charge in [-0.05, 0) is 24.8 Å². The van der Waals surface area contributed by atoms with E-state index < -0.39 is 0 Å². The van der Waals surface area contributed by atoms with Gasteiger partial charge < -0.3 is 10.7 Å². The molecule has 0 amide bonds. The minimum Gasteiger partial charge on any atom is -0.383 e. The third-order valence-electron chi connectivity index (χ3n) is 2.67. The number of hydrogen-bond donors (Lipinski definition) is 2. The fourth-order valence-corrected chi connectivity index (χ4v) is 2.09. The largest absolute Gasteiger partial charge is 0.383 e. The molecule has 2 heterocycles. The van der Waals surface area contributed by atoms with Gasteiger partial charge in [0, 0.05) is 5.69 Å². The molecule has 0 aromatic carbocycles. The molecule has 0 atom stereocenters. The molecule has 66 valence electrons. The van der Waals surface area contributed by atoms with Crippen molar-refractivity contribution in [2.24, 2.45) is 0 Å². The van der Waals surface area contributed by atoms with E-state index in [2.05, 4.69) is 15.0 Å². The maximum atomic E-state index is 5.80. The molecule has 3 N–H and O–H groups in total. The van der Waals surface area contributed by atoms with Crippen molar-refractivity contribution < 1.29 is 0 Å². The molecule has 3 rings (SSSR count). The van der Waals surface area contributed by atoms with Crippen molar-refractivity contribution in [3.05, 3.63) is 17.6 Å². The first-order valence-corrected chi connectivity index (χ1v) is 4.46. The smallest absolute Gasteiger partial charge is 0.143 e. The monoisotopic (exact) mass is 174 g/mol. The van der Waals surface area contributed by atoms with E-state index in [1.54, 1.807) is 0 Å². The van der Waals surface area contributed by atoms with Crippen LogP contribution in [0.2, 0.25) is 0 Å². The lowest BCUT2D eigenvalue weighted by molar-refractivity contribution is 0.897. The summed E-state index contributed by atoms with van der Waals surface area (Å²) in [6.45, 7) is 0. The highest BCUT2D eigenvalue weighted by molar-refractivity contribution is 5.90. The van der Waals surface area contributed by atoms with Crippen LogP contribution in [0, 0.1) is 0 Å². The first-order chi connectivity index (χ1) is 6.36. The molecule has 0 fully saturated rings. The van der Waals surface area contributed by atoms with Crippen LogP contribution in [0.3, 0.4) is 0 Å². The minimum absolute atomic E-state index is 0.601. The molecule has 0 saturated heterocycles. The lowest BCUT2D eigenvalue weighted by Crippen LogP contribution is -1.93. The Kier molecular flexibility index (Phi) is 1.17. The summed E-state index contributed by atoms with van der Waals surface area (Å²) in [5, 5.41) is 1.04. The molecule has 2 aromatic heterocycles. The van der Waals surface area contributed by atoms with Crippen LogP contribution in [0.15, 0.2) is 6.33 Å². The Bertz CT molecular complexity index is 472. The number of aryl methyl sites for hydroxylation is 2. The van der Waals surface area contributed by atoms with E-state index in [9.17, 15) is 0 Å². The van der Waals surface area contributed by atoms with Gasteiger partial charge in [-0.25, -0.2) is 9.97 Å². The van der Waals surface area contributed by atoms with Gasteiger partial charge in [-0.15, -0.1) is 0 Å². The topological polar surface area (TPSA) is 67.6 Å². The van der Waals surface area contributed by atoms with E-state index in [0.29, 0.717) is 5.82 Å². The zero-order valence-electron chi connectivity index (χ0n) is 7.17. The van der Waals surface area contributed by atoms with Crippen molar-refractivity contribution in [2.45, 2.75) is 19.3 Å². The summed E-state index contributed by atoms with van der Waals surface area (Å²) in [7, 11) is 0. The van der Waals surface area contributed by atoms with Crippen LogP contribution in [0.25, 0.3) is 11.0 Å². The summed E-state index contributed by atoms with van der Waals surface area (Å²) in [5.41, 5.74) is 9.31. The fourth-order valence-electron chi connectivity index (χ4n) is 2.09. The van der Waals surface area contributed by atoms with Crippen molar-refractivity contribution in [2.75, 3.05) is 5.73 Å². The number of aromatic nitrogens is 3. The van der Waals surface area contributed by atoms with Gasteiger partial charge >= 0.3 is 0 Å². The molecule has 4 nitrogen and oxygen atoms in total. The number of hydrogen-bond acceptors (Lipinski definition) is 3. The van der Waals surface area contributed by atoms with Crippen LogP contribution in [0.1, 0.15) is 17.7 Å². The van der Waals surface area contributed by atoms with Gasteiger partial charge in [0.2, 0.25) is 0 Å². The third kappa shape index (κ3) is 0.798. The number of rotatable bonds is 0. The fraction of sp³-hybridized carbons (Fsp3) is 0.333. The summed E-state index contributed by atoms with van der Waals surface area (Å²) in [6.07, 6.45) is 4.94. The molecule has 0 aliphatic heterocycles. The highest BCUT2D eigenvalue weighted by Crippen LogP contribution is 2.30. The molecule has 13 heavy (non-hydrogen) atoms. The van der Waals surface area contributed by atoms with E-state index in [1.165, 1.54) is 24.0 Å². The molecule has 2 aromatic rings. The zero-order valence-corrected chi connectivity index (χ0v) is 7.17. The van der Waals surface area contributed by atoms with E-state index in [4.69, 9.17) is 5.73 Å². The quantitative estimate of drug-likeness (QED) is 0.626. The number of nitrogens with one attached hydrogen (secondary N) is 1. The number of nitrogens with zero attached hydrogens (tertiary/aromatic N) is 2. The molecule has 0 saturated carbocycles. The summed E-state index contributed by atoms with van der Waals surface area (Å²) >= 11 is 0. The number of nitrogen functional groups attached to an aromatic ring is 1. The average molecular weight is 174 g/mol. The lowest BCUT2D eigenvalue weighted by Gasteiger charge is -1.95. The molecule has 4 heteroatoms. The maximum Gasteiger partial charge on any atom is 0.143 e. The Hall–Kier alpha value is -1.58. The molecule has 0 unspecified atom stereocenters. The summed E-state index contributed by atoms with van der Waals surface area (Å²) in [5.74, 6) is 0.601. The third-order valence-corrected chi connectivity index (χ3v) is 2.67. The van der Waals surface area contributed by atoms with E-state index in [1.807, 2.05) is 0 Å². The van der Waals surface area contributed by atoms with Crippen LogP contribution in [-0.4, -0.2) is 15.0 Å². The van der Waals surface area contributed by atoms with Gasteiger partial charge in [-0.3, -0.25) is 0 Å². The van der Waals surface area contributed by atoms with Crippen molar-refractivity contribution in [3.8, 4) is 0 Å². The van der Waals surface area contributed by atoms with Crippen molar-refractivity contribution in [1.82, 2.24) is 15.0 Å². The van der Waals surface area contributed by atoms with Crippen LogP contribution in [-0.2, 0) is 12.8 Å². The van der Waals surface area contributed by atoms with Gasteiger partial charge in [-0.2, -0.15) is 0 Å². The number of fused-ring (bicyclic) bond motifs is 3. The first kappa shape index (κ1) is 6.88. The predicted molar refractivity (Wildman–Crippen MR) is 50.3 cm³/mol. The Labute approximate surface area is 75.2 Å². The van der Waals surface area contributed by atoms with Crippen LogP contribution in [0.4, 0.5) is 5.82 Å². The highest BCUT2D eigenvalue weighted by Gasteiger charge is 2.19. The van der Waals surface area contributed by atoms with Crippen LogP contribution < -0.4 is 5.73 Å². The van der Waals surface area contributed by atoms with Crippen LogP contribution >= 0.6 is 0 Å². The van der Waals surface area contributed by atoms with Gasteiger partial charge in [0.25, 0.3) is 0 Å². The first-order valence-electron chi connectivity index (χ1n) is 4.46. The van der Waals surface area contributed by atoms with Gasteiger partial charge in [0.1, 0.15) is 17.8 Å². The molecule has 1 aliphatic rings. The van der Waals surface area contributed by atoms with E-state index >= 15 is 0 Å². The average Bonchev–Trinajstić information content (AvgIpc) is 2.62. The zero-order chi connectivity index (χ0) is 8.84. The summed E-state index contributed by atoms with van der Waals surface area (Å²) < 4.78 is 0. The minimum atomic E-state index is 0.601. The standard InChI is InChI=1S/C9H10N4/c10-8-7-5-2-1-3-6(5)13-9(7)12-4-11-8/h4H,1-3H2,(H3,10,11,12,13). The highest BCUT2D eigenvalue weighted by atomic mass is 15.0. The van der Waals surface area contributed by atoms with Crippen molar-refractivity contribution in [1.29, 1.82) is 0 Å². The molecular weight excluding hydrogens is 164 g/mol. The van der Waals surface area contributed by atoms with Crippen molar-refractivity contribution in [3.63, 3.8) is 0 Å². The molecule has 0 radical (unpaired) electrons. The Morgan fingerprint density at radius 3 is 3.15 bits per heavy atom. The number of anilines is 1. The molecule has 1 aliphatic carbocycles. The number of aromatic amines is 1. The second-order valence-electron chi connectivity index (χ2n) is 3.42. The Morgan fingerprint density at radius 1 is 1.31 bits per heavy atom. The van der Waals surface area contributed by atoms with E-state index in [0.717, 1.165) is 23.9 Å². The summed E-state index contributed by atoms with van der Waals surface area (Å²) in [4.78, 5) is 11.4. The second kappa shape index (κ2) is 2.22. The van der Waals surface area contributed by atoms with Gasteiger partial charge in [-0.1, -0.05) is 0 Å². The Balaban J connectivity index is 2.46. The van der Waals surface area contributed by atoms with Crippen molar-refractivity contribution >= 4 is 16.9 Å². The lowest BCUT2D eigenvalue weighted by atomic mass is 10.2. The molecule has 0 bridgehead atoms. The number of nitrogens with two attached hydrogens (primary N) is 1. The maximum absolute atomic E-state index is 5.80. The SMILES string of the molecule is Nc1ncnc2[nH]c3c(c12)CCC3. The Morgan fingerprint density at radius 2 is 2.23 bits per heavy atom. The van der Waals surface area contributed by atoms with E-state index in [-0.39, 0.29) is 0 Å². The second-order valence-corrected chi connectivity index (χ2v) is 3.42. The molecule has 0 spiro atoms. The normalized spacial score (nSPS) is 15.1. The molecular formula is C9H10N4. The van der Waals surface area contributed by atoms with Crippen LogP contribution in [0.5, 0.6) is 0 Å². The van der Waals surface area contributed by atoms with Gasteiger partial charge in [0.05, 0.1) is 5.39 Å². The number of H-pyrrole nitrogens is 1. The van der Waals surface area contributed by atoms with Gasteiger partial charge in [0.15, 0.2) is 0 Å². The predicted octanol–water partition coefficient (Wildman–Crippen LogP) is 1.03. The summed E-state index contributed by atoms with van der Waals surface area (Å²) in [6, 6.07) is 0.